The summed E-state index contributed by atoms with van der Waals surface area (Å²) in [5, 5.41) is 3.55. The van der Waals surface area contributed by atoms with Crippen LogP contribution in [0.5, 0.6) is 0 Å². The topological polar surface area (TPSA) is 29.9 Å². The number of nitrogens with zero attached hydrogens (tertiary/aromatic N) is 2. The highest BCUT2D eigenvalue weighted by molar-refractivity contribution is 5.79. The quantitative estimate of drug-likeness (QED) is 0.894. The molecule has 1 aromatic carbocycles. The smallest absolute Gasteiger partial charge is 0.0951 e. The molecule has 21 heavy (non-hydrogen) atoms. The molecule has 0 amide bonds. The van der Waals surface area contributed by atoms with Crippen LogP contribution in [0, 0.1) is 5.41 Å². The van der Waals surface area contributed by atoms with Crippen molar-refractivity contribution in [2.75, 3.05) is 11.9 Å². The van der Waals surface area contributed by atoms with Crippen LogP contribution in [0.1, 0.15) is 38.2 Å². The summed E-state index contributed by atoms with van der Waals surface area (Å²) in [7, 11) is 0. The van der Waals surface area contributed by atoms with Crippen LogP contribution in [0.3, 0.4) is 0 Å². The zero-order valence-electron chi connectivity index (χ0n) is 12.7. The van der Waals surface area contributed by atoms with Crippen LogP contribution < -0.4 is 5.32 Å². The number of para-hydroxylation sites is 1. The van der Waals surface area contributed by atoms with Crippen molar-refractivity contribution in [3.05, 3.63) is 36.3 Å². The summed E-state index contributed by atoms with van der Waals surface area (Å²) in [4.78, 5) is 4.43. The van der Waals surface area contributed by atoms with Crippen molar-refractivity contribution in [1.82, 2.24) is 9.55 Å². The number of hydrogen-bond donors (Lipinski definition) is 1. The Morgan fingerprint density at radius 1 is 1.33 bits per heavy atom. The van der Waals surface area contributed by atoms with E-state index in [1.807, 2.05) is 12.5 Å². The fraction of sp³-hybridized carbons (Fsp3) is 0.500. The second kappa shape index (κ2) is 4.90. The molecule has 3 nitrogen and oxygen atoms in total. The van der Waals surface area contributed by atoms with Crippen LogP contribution in [-0.2, 0) is 13.0 Å². The molecule has 2 aromatic rings. The van der Waals surface area contributed by atoms with Crippen LogP contribution in [0.4, 0.5) is 5.69 Å². The van der Waals surface area contributed by atoms with Gasteiger partial charge in [0, 0.05) is 24.3 Å². The lowest BCUT2D eigenvalue weighted by atomic mass is 10.00. The number of fused-ring (bicyclic) bond motifs is 1. The molecule has 3 heteroatoms. The Labute approximate surface area is 126 Å². The Kier molecular flexibility index (Phi) is 3.02. The number of anilines is 1. The predicted molar refractivity (Wildman–Crippen MR) is 86.4 cm³/mol. The first kappa shape index (κ1) is 12.9. The molecule has 0 radical (unpaired) electrons. The zero-order chi connectivity index (χ0) is 14.3. The molecule has 1 aliphatic carbocycles. The average molecular weight is 281 g/mol. The van der Waals surface area contributed by atoms with E-state index in [9.17, 15) is 0 Å². The van der Waals surface area contributed by atoms with Crippen molar-refractivity contribution in [3.63, 3.8) is 0 Å². The van der Waals surface area contributed by atoms with Crippen molar-refractivity contribution in [1.29, 1.82) is 0 Å². The Hall–Kier alpha value is -1.77. The van der Waals surface area contributed by atoms with Gasteiger partial charge in [0.1, 0.15) is 0 Å². The largest absolute Gasteiger partial charge is 0.384 e. The Balaban J connectivity index is 1.68. The molecule has 110 valence electrons. The summed E-state index contributed by atoms with van der Waals surface area (Å²) in [6.07, 6.45) is 10.6. The van der Waals surface area contributed by atoms with E-state index in [-0.39, 0.29) is 0 Å². The lowest BCUT2D eigenvalue weighted by molar-refractivity contribution is 0.390. The van der Waals surface area contributed by atoms with Crippen LogP contribution in [0.25, 0.3) is 11.3 Å². The maximum absolute atomic E-state index is 4.43. The van der Waals surface area contributed by atoms with Crippen molar-refractivity contribution in [2.24, 2.45) is 5.41 Å². The first-order valence-corrected chi connectivity index (χ1v) is 8.18. The van der Waals surface area contributed by atoms with E-state index >= 15 is 0 Å². The van der Waals surface area contributed by atoms with Gasteiger partial charge in [-0.2, -0.15) is 0 Å². The normalized spacial score (nSPS) is 18.3. The van der Waals surface area contributed by atoms with Crippen molar-refractivity contribution >= 4 is 5.69 Å². The Bertz CT molecular complexity index is 652. The third-order valence-electron chi connectivity index (χ3n) is 5.08. The number of imidazole rings is 1. The van der Waals surface area contributed by atoms with Crippen molar-refractivity contribution in [3.8, 4) is 11.3 Å². The average Bonchev–Trinajstić information content (AvgIpc) is 2.92. The minimum absolute atomic E-state index is 0.551. The van der Waals surface area contributed by atoms with Gasteiger partial charge in [0.2, 0.25) is 0 Å². The Morgan fingerprint density at radius 3 is 3.05 bits per heavy atom. The number of hydrogen-bond acceptors (Lipinski definition) is 2. The second-order valence-electron chi connectivity index (χ2n) is 6.67. The van der Waals surface area contributed by atoms with Gasteiger partial charge in [-0.25, -0.2) is 4.98 Å². The molecule has 2 heterocycles. The van der Waals surface area contributed by atoms with E-state index in [2.05, 4.69) is 40.0 Å². The highest BCUT2D eigenvalue weighted by atomic mass is 15.1. The molecule has 0 saturated heterocycles. The van der Waals surface area contributed by atoms with Gasteiger partial charge < -0.3 is 9.88 Å². The van der Waals surface area contributed by atoms with Gasteiger partial charge in [-0.05, 0) is 36.7 Å². The summed E-state index contributed by atoms with van der Waals surface area (Å²) in [6, 6.07) is 6.64. The minimum atomic E-state index is 0.551. The predicted octanol–water partition coefficient (Wildman–Crippen LogP) is 4.10. The molecule has 0 unspecified atom stereocenters. The summed E-state index contributed by atoms with van der Waals surface area (Å²) in [6.45, 7) is 4.48. The Morgan fingerprint density at radius 2 is 2.24 bits per heavy atom. The third-order valence-corrected chi connectivity index (χ3v) is 5.08. The van der Waals surface area contributed by atoms with E-state index < -0.39 is 0 Å². The number of nitrogens with one attached hydrogen (secondary N) is 1. The summed E-state index contributed by atoms with van der Waals surface area (Å²) >= 11 is 0. The second-order valence-corrected chi connectivity index (χ2v) is 6.67. The van der Waals surface area contributed by atoms with Gasteiger partial charge in [0.15, 0.2) is 0 Å². The first-order chi connectivity index (χ1) is 10.3. The van der Waals surface area contributed by atoms with E-state index in [4.69, 9.17) is 0 Å². The van der Waals surface area contributed by atoms with E-state index in [0.29, 0.717) is 5.41 Å². The molecule has 1 fully saturated rings. The van der Waals surface area contributed by atoms with Gasteiger partial charge in [0.05, 0.1) is 18.2 Å². The van der Waals surface area contributed by atoms with E-state index in [1.54, 1.807) is 0 Å². The number of rotatable bonds is 5. The lowest BCUT2D eigenvalue weighted by Crippen LogP contribution is -2.12. The molecule has 1 aliphatic heterocycles. The van der Waals surface area contributed by atoms with Crippen LogP contribution in [-0.4, -0.2) is 16.1 Å². The molecule has 1 N–H and O–H groups in total. The summed E-state index contributed by atoms with van der Waals surface area (Å²) in [5.74, 6) is 0. The fourth-order valence-electron chi connectivity index (χ4n) is 3.78. The standard InChI is InChI=1S/C18H23N3/c1-2-7-18(8-9-18)12-21-13-19-11-16(21)15-5-3-4-14-6-10-20-17(14)15/h3-5,11,13,20H,2,6-10,12H2,1H3. The first-order valence-electron chi connectivity index (χ1n) is 8.18. The molecule has 2 aliphatic rings. The molecule has 1 saturated carbocycles. The monoisotopic (exact) mass is 281 g/mol. The molecule has 0 spiro atoms. The maximum Gasteiger partial charge on any atom is 0.0951 e. The molecule has 4 rings (SSSR count). The molecule has 1 aromatic heterocycles. The minimum Gasteiger partial charge on any atom is -0.384 e. The molecular formula is C18H23N3. The van der Waals surface area contributed by atoms with Crippen molar-refractivity contribution < 1.29 is 0 Å². The maximum atomic E-state index is 4.43. The number of aromatic nitrogens is 2. The van der Waals surface area contributed by atoms with Gasteiger partial charge in [-0.3, -0.25) is 0 Å². The van der Waals surface area contributed by atoms with Crippen molar-refractivity contribution in [2.45, 2.75) is 45.6 Å². The fourth-order valence-corrected chi connectivity index (χ4v) is 3.78. The van der Waals surface area contributed by atoms with E-state index in [1.165, 1.54) is 48.2 Å². The van der Waals surface area contributed by atoms with Gasteiger partial charge in [0.25, 0.3) is 0 Å². The van der Waals surface area contributed by atoms with Crippen LogP contribution >= 0.6 is 0 Å². The third kappa shape index (κ3) is 2.25. The molecule has 0 bridgehead atoms. The number of benzene rings is 1. The summed E-state index contributed by atoms with van der Waals surface area (Å²) < 4.78 is 2.37. The van der Waals surface area contributed by atoms with Crippen LogP contribution in [0.2, 0.25) is 0 Å². The van der Waals surface area contributed by atoms with Gasteiger partial charge in [-0.15, -0.1) is 0 Å². The van der Waals surface area contributed by atoms with Gasteiger partial charge in [-0.1, -0.05) is 31.5 Å². The highest BCUT2D eigenvalue weighted by Crippen LogP contribution is 2.51. The highest BCUT2D eigenvalue weighted by Gasteiger charge is 2.42. The summed E-state index contributed by atoms with van der Waals surface area (Å²) in [5.41, 5.74) is 5.89. The molecule has 0 atom stereocenters. The SMILES string of the molecule is CCCC1(Cn2cncc2-c2cccc3c2NCC3)CC1. The van der Waals surface area contributed by atoms with E-state index in [0.717, 1.165) is 19.5 Å². The zero-order valence-corrected chi connectivity index (χ0v) is 12.7. The van der Waals surface area contributed by atoms with Crippen LogP contribution in [0.15, 0.2) is 30.7 Å². The van der Waals surface area contributed by atoms with Gasteiger partial charge >= 0.3 is 0 Å². The molecular weight excluding hydrogens is 258 g/mol. The lowest BCUT2D eigenvalue weighted by Gasteiger charge is -2.18.